The molecule has 1 aromatic carbocycles. The van der Waals surface area contributed by atoms with Gasteiger partial charge >= 0.3 is 0 Å². The van der Waals surface area contributed by atoms with Crippen molar-refractivity contribution in [1.29, 1.82) is 0 Å². The molecule has 0 radical (unpaired) electrons. The van der Waals surface area contributed by atoms with Gasteiger partial charge in [0.2, 0.25) is 0 Å². The van der Waals surface area contributed by atoms with E-state index in [-0.39, 0.29) is 19.1 Å². The smallest absolute Gasteiger partial charge is 0.251 e. The number of benzene rings is 1. The topological polar surface area (TPSA) is 93.1 Å². The average molecular weight is 503 g/mol. The quantitative estimate of drug-likeness (QED) is 0.440. The number of carbonyl (C=O) groups is 1. The molecule has 0 spiro atoms. The number of rotatable bonds is 5. The van der Waals surface area contributed by atoms with Crippen LogP contribution in [0.2, 0.25) is 0 Å². The second-order valence-corrected chi connectivity index (χ2v) is 9.50. The summed E-state index contributed by atoms with van der Waals surface area (Å²) >= 11 is 0. The number of anilines is 1. The molecule has 2 aliphatic rings. The Morgan fingerprint density at radius 3 is 2.81 bits per heavy atom. The van der Waals surface area contributed by atoms with Crippen LogP contribution in [-0.2, 0) is 23.6 Å². The lowest BCUT2D eigenvalue weighted by Crippen LogP contribution is -2.38. The number of alkyl halides is 1. The number of carbonyl (C=O) groups excluding carboxylic acids is 1. The molecule has 0 aliphatic carbocycles. The number of fused-ring (bicyclic) bond motifs is 2. The molecule has 1 saturated heterocycles. The number of pyridine rings is 2. The van der Waals surface area contributed by atoms with E-state index < -0.39 is 11.5 Å². The van der Waals surface area contributed by atoms with Crippen molar-refractivity contribution >= 4 is 22.8 Å². The Balaban J connectivity index is 1.22. The highest BCUT2D eigenvalue weighted by molar-refractivity contribution is 5.94. The molecule has 0 saturated carbocycles. The fourth-order valence-corrected chi connectivity index (χ4v) is 4.60. The minimum absolute atomic E-state index is 0.0436. The summed E-state index contributed by atoms with van der Waals surface area (Å²) in [5.41, 5.74) is 2.28. The van der Waals surface area contributed by atoms with Gasteiger partial charge in [0.15, 0.2) is 17.3 Å². The number of hydrogen-bond acceptors (Lipinski definition) is 7. The SMILES string of the molecule is C[C@@]1(F)COCc2ccc(C(=O)NCc3cc4nc(-c5ccnc(N6CCC6)c5F)cnc4cn3)cc21. The van der Waals surface area contributed by atoms with Crippen LogP contribution in [0.4, 0.5) is 14.6 Å². The molecule has 1 N–H and O–H groups in total. The first kappa shape index (κ1) is 23.4. The van der Waals surface area contributed by atoms with E-state index >= 15 is 4.39 Å². The van der Waals surface area contributed by atoms with E-state index in [0.29, 0.717) is 51.5 Å². The zero-order chi connectivity index (χ0) is 25.6. The second-order valence-electron chi connectivity index (χ2n) is 9.50. The van der Waals surface area contributed by atoms with Crippen molar-refractivity contribution in [2.75, 3.05) is 24.6 Å². The monoisotopic (exact) mass is 502 g/mol. The lowest BCUT2D eigenvalue weighted by atomic mass is 9.90. The van der Waals surface area contributed by atoms with Gasteiger partial charge in [-0.05, 0) is 48.7 Å². The molecule has 4 aromatic rings. The van der Waals surface area contributed by atoms with Gasteiger partial charge in [0.05, 0.1) is 49.1 Å². The largest absolute Gasteiger partial charge is 0.373 e. The van der Waals surface area contributed by atoms with Crippen LogP contribution < -0.4 is 10.2 Å². The summed E-state index contributed by atoms with van der Waals surface area (Å²) in [6.07, 6.45) is 5.67. The summed E-state index contributed by atoms with van der Waals surface area (Å²) in [5, 5.41) is 2.83. The van der Waals surface area contributed by atoms with E-state index in [2.05, 4.69) is 25.3 Å². The van der Waals surface area contributed by atoms with Gasteiger partial charge < -0.3 is 15.0 Å². The highest BCUT2D eigenvalue weighted by atomic mass is 19.1. The Hall–Kier alpha value is -4.05. The summed E-state index contributed by atoms with van der Waals surface area (Å²) in [5.74, 6) is -0.436. The molecule has 10 heteroatoms. The summed E-state index contributed by atoms with van der Waals surface area (Å²) in [4.78, 5) is 32.2. The molecule has 0 unspecified atom stereocenters. The molecule has 1 atom stereocenters. The fraction of sp³-hybridized carbons (Fsp3) is 0.296. The van der Waals surface area contributed by atoms with E-state index in [0.717, 1.165) is 25.1 Å². The number of hydrogen-bond donors (Lipinski definition) is 1. The van der Waals surface area contributed by atoms with Crippen molar-refractivity contribution in [3.63, 3.8) is 0 Å². The molecule has 37 heavy (non-hydrogen) atoms. The molecule has 8 nitrogen and oxygen atoms in total. The maximum Gasteiger partial charge on any atom is 0.251 e. The van der Waals surface area contributed by atoms with Crippen molar-refractivity contribution < 1.29 is 18.3 Å². The van der Waals surface area contributed by atoms with E-state index in [4.69, 9.17) is 4.74 Å². The van der Waals surface area contributed by atoms with E-state index in [9.17, 15) is 9.18 Å². The van der Waals surface area contributed by atoms with Gasteiger partial charge in [-0.2, -0.15) is 0 Å². The van der Waals surface area contributed by atoms with Crippen molar-refractivity contribution in [3.8, 4) is 11.3 Å². The molecule has 1 fully saturated rings. The highest BCUT2D eigenvalue weighted by Crippen LogP contribution is 2.34. The molecule has 1 amide bonds. The molecule has 0 bridgehead atoms. The van der Waals surface area contributed by atoms with Gasteiger partial charge in [-0.3, -0.25) is 14.8 Å². The summed E-state index contributed by atoms with van der Waals surface area (Å²) < 4.78 is 35.3. The Morgan fingerprint density at radius 1 is 1.14 bits per heavy atom. The molecular weight excluding hydrogens is 478 g/mol. The predicted octanol–water partition coefficient (Wildman–Crippen LogP) is 4.08. The van der Waals surface area contributed by atoms with Crippen LogP contribution in [0.1, 0.15) is 40.5 Å². The van der Waals surface area contributed by atoms with E-state index in [1.54, 1.807) is 42.7 Å². The van der Waals surface area contributed by atoms with E-state index in [1.807, 2.05) is 4.90 Å². The minimum Gasteiger partial charge on any atom is -0.373 e. The van der Waals surface area contributed by atoms with Gasteiger partial charge in [-0.1, -0.05) is 6.07 Å². The van der Waals surface area contributed by atoms with Gasteiger partial charge in [0, 0.05) is 30.4 Å². The molecular formula is C27H24F2N6O2. The van der Waals surface area contributed by atoms with Gasteiger partial charge in [-0.25, -0.2) is 18.7 Å². The Kier molecular flexibility index (Phi) is 5.75. The van der Waals surface area contributed by atoms with Crippen LogP contribution in [0.15, 0.2) is 48.9 Å². The Bertz CT molecular complexity index is 1520. The van der Waals surface area contributed by atoms with Gasteiger partial charge in [0.1, 0.15) is 5.52 Å². The lowest BCUT2D eigenvalue weighted by molar-refractivity contribution is -0.00467. The number of aromatic nitrogens is 4. The first-order valence-corrected chi connectivity index (χ1v) is 12.1. The Labute approximate surface area is 211 Å². The number of nitrogens with zero attached hydrogens (tertiary/aromatic N) is 5. The van der Waals surface area contributed by atoms with Crippen LogP contribution in [0, 0.1) is 5.82 Å². The average Bonchev–Trinajstić information content (AvgIpc) is 2.87. The number of ether oxygens (including phenoxy) is 1. The second kappa shape index (κ2) is 9.11. The summed E-state index contributed by atoms with van der Waals surface area (Å²) in [6.45, 7) is 3.43. The predicted molar refractivity (Wildman–Crippen MR) is 133 cm³/mol. The maximum absolute atomic E-state index is 15.2. The third-order valence-corrected chi connectivity index (χ3v) is 6.78. The van der Waals surface area contributed by atoms with Crippen molar-refractivity contribution in [1.82, 2.24) is 25.3 Å². The molecule has 188 valence electrons. The molecule has 5 heterocycles. The third kappa shape index (κ3) is 4.37. The standard InChI is InChI=1S/C27H24F2N6O2/c1-27(29)15-37-14-17-4-3-16(9-20(17)27)26(36)33-11-18-10-21-23(13-31-18)32-12-22(34-21)19-5-6-30-25(24(19)28)35-7-2-8-35/h3-6,9-10,12-13H,2,7-8,11,14-15H2,1H3,(H,33,36)/t27-/m1/s1. The zero-order valence-corrected chi connectivity index (χ0v) is 20.2. The lowest BCUT2D eigenvalue weighted by Gasteiger charge is -2.32. The van der Waals surface area contributed by atoms with Crippen molar-refractivity contribution in [2.24, 2.45) is 0 Å². The number of halogens is 2. The summed E-state index contributed by atoms with van der Waals surface area (Å²) in [6, 6.07) is 8.26. The third-order valence-electron chi connectivity index (χ3n) is 6.78. The van der Waals surface area contributed by atoms with Crippen LogP contribution in [0.5, 0.6) is 0 Å². The molecule has 3 aromatic heterocycles. The van der Waals surface area contributed by atoms with Crippen molar-refractivity contribution in [2.45, 2.75) is 32.2 Å². The highest BCUT2D eigenvalue weighted by Gasteiger charge is 2.33. The van der Waals surface area contributed by atoms with Crippen molar-refractivity contribution in [3.05, 3.63) is 77.1 Å². The van der Waals surface area contributed by atoms with Gasteiger partial charge in [0.25, 0.3) is 5.91 Å². The fourth-order valence-electron chi connectivity index (χ4n) is 4.60. The molecule has 6 rings (SSSR count). The normalized spacial score (nSPS) is 18.8. The van der Waals surface area contributed by atoms with Gasteiger partial charge in [-0.15, -0.1) is 0 Å². The van der Waals surface area contributed by atoms with Crippen LogP contribution in [-0.4, -0.2) is 45.5 Å². The van der Waals surface area contributed by atoms with Crippen LogP contribution >= 0.6 is 0 Å². The zero-order valence-electron chi connectivity index (χ0n) is 20.2. The maximum atomic E-state index is 15.2. The first-order valence-electron chi connectivity index (χ1n) is 12.1. The first-order chi connectivity index (χ1) is 17.9. The van der Waals surface area contributed by atoms with Crippen LogP contribution in [0.25, 0.3) is 22.3 Å². The Morgan fingerprint density at radius 2 is 2.00 bits per heavy atom. The number of nitrogens with one attached hydrogen (secondary N) is 1. The van der Waals surface area contributed by atoms with E-state index in [1.165, 1.54) is 13.1 Å². The number of amides is 1. The minimum atomic E-state index is -1.65. The molecule has 2 aliphatic heterocycles. The van der Waals surface area contributed by atoms with Crippen LogP contribution in [0.3, 0.4) is 0 Å². The summed E-state index contributed by atoms with van der Waals surface area (Å²) in [7, 11) is 0.